The lowest BCUT2D eigenvalue weighted by molar-refractivity contribution is -0.162. The molecular weight excluding hydrogens is 316 g/mol. The fourth-order valence-corrected chi connectivity index (χ4v) is 7.44. The van der Waals surface area contributed by atoms with Gasteiger partial charge in [0.1, 0.15) is 0 Å². The van der Waals surface area contributed by atoms with Crippen molar-refractivity contribution in [2.24, 2.45) is 34.5 Å². The number of aliphatic hydroxyl groups is 2. The Balaban J connectivity index is 1.64. The molecule has 4 nitrogen and oxygen atoms in total. The third-order valence-electron chi connectivity index (χ3n) is 8.93. The van der Waals surface area contributed by atoms with Crippen LogP contribution >= 0.6 is 0 Å². The van der Waals surface area contributed by atoms with Crippen LogP contribution in [0.15, 0.2) is 12.2 Å². The van der Waals surface area contributed by atoms with Crippen LogP contribution in [0.2, 0.25) is 0 Å². The Hall–Kier alpha value is -0.870. The van der Waals surface area contributed by atoms with Crippen LogP contribution in [-0.2, 0) is 4.79 Å². The second-order valence-corrected chi connectivity index (χ2v) is 9.78. The summed E-state index contributed by atoms with van der Waals surface area (Å²) >= 11 is 0. The van der Waals surface area contributed by atoms with Crippen LogP contribution in [0.5, 0.6) is 0 Å². The van der Waals surface area contributed by atoms with Crippen molar-refractivity contribution >= 4 is 5.97 Å². The van der Waals surface area contributed by atoms with Crippen LogP contribution in [-0.4, -0.2) is 33.0 Å². The number of aliphatic carboxylic acids is 1. The van der Waals surface area contributed by atoms with Gasteiger partial charge < -0.3 is 15.3 Å². The van der Waals surface area contributed by atoms with Gasteiger partial charge in [0.25, 0.3) is 0 Å². The number of fused-ring (bicyclic) bond motifs is 5. The van der Waals surface area contributed by atoms with E-state index in [9.17, 15) is 20.1 Å². The molecule has 3 saturated carbocycles. The van der Waals surface area contributed by atoms with Gasteiger partial charge in [0.05, 0.1) is 18.1 Å². The molecule has 4 aliphatic carbocycles. The van der Waals surface area contributed by atoms with Gasteiger partial charge in [-0.2, -0.15) is 0 Å². The van der Waals surface area contributed by atoms with E-state index >= 15 is 0 Å². The Morgan fingerprint density at radius 3 is 2.56 bits per heavy atom. The van der Waals surface area contributed by atoms with Crippen LogP contribution in [0.25, 0.3) is 0 Å². The Bertz CT molecular complexity index is 601. The number of rotatable bonds is 2. The summed E-state index contributed by atoms with van der Waals surface area (Å²) in [5, 5.41) is 30.5. The highest BCUT2D eigenvalue weighted by Gasteiger charge is 2.64. The summed E-state index contributed by atoms with van der Waals surface area (Å²) in [5.74, 6) is 1.26. The second-order valence-electron chi connectivity index (χ2n) is 9.78. The Kier molecular flexibility index (Phi) is 3.90. The third kappa shape index (κ3) is 2.36. The molecule has 3 unspecified atom stereocenters. The number of hydrogen-bond donors (Lipinski definition) is 3. The number of carboxylic acids is 1. The average Bonchev–Trinajstić information content (AvgIpc) is 2.79. The molecule has 8 atom stereocenters. The maximum absolute atomic E-state index is 11.3. The van der Waals surface area contributed by atoms with Gasteiger partial charge in [0, 0.05) is 0 Å². The standard InChI is InChI=1S/C21H32O4/c1-19-8-5-14(22)11-13(19)3-4-15-16(19)6-9-20(2)17(15)7-10-21(20,25)12-18(23)24/h5,8,13-17,22,25H,3-4,6-7,9-12H2,1-2H3,(H,23,24)/t13?,14?,15-,16-,17+,19+,20+,21?/m1/s1. The predicted octanol–water partition coefficient (Wildman–Crippen LogP) is 3.37. The molecule has 4 heteroatoms. The van der Waals surface area contributed by atoms with Crippen LogP contribution in [0.4, 0.5) is 0 Å². The van der Waals surface area contributed by atoms with Crippen LogP contribution in [0, 0.1) is 34.5 Å². The topological polar surface area (TPSA) is 77.8 Å². The van der Waals surface area contributed by atoms with E-state index in [1.807, 2.05) is 6.08 Å². The first kappa shape index (κ1) is 17.5. The quantitative estimate of drug-likeness (QED) is 0.669. The number of allylic oxidation sites excluding steroid dienone is 1. The molecule has 0 aromatic heterocycles. The molecule has 140 valence electrons. The summed E-state index contributed by atoms with van der Waals surface area (Å²) in [5.41, 5.74) is -1.17. The van der Waals surface area contributed by atoms with E-state index in [2.05, 4.69) is 19.9 Å². The molecule has 0 heterocycles. The summed E-state index contributed by atoms with van der Waals surface area (Å²) in [7, 11) is 0. The van der Waals surface area contributed by atoms with Crippen molar-refractivity contribution in [1.82, 2.24) is 0 Å². The summed E-state index contributed by atoms with van der Waals surface area (Å²) < 4.78 is 0. The van der Waals surface area contributed by atoms with Crippen LogP contribution in [0.1, 0.15) is 65.2 Å². The van der Waals surface area contributed by atoms with E-state index in [-0.39, 0.29) is 23.4 Å². The highest BCUT2D eigenvalue weighted by Crippen LogP contribution is 2.67. The van der Waals surface area contributed by atoms with Crippen molar-refractivity contribution in [3.63, 3.8) is 0 Å². The van der Waals surface area contributed by atoms with E-state index in [0.717, 1.165) is 38.5 Å². The van der Waals surface area contributed by atoms with E-state index in [0.29, 0.717) is 30.1 Å². The van der Waals surface area contributed by atoms with Crippen LogP contribution in [0.3, 0.4) is 0 Å². The normalized spacial score (nSPS) is 54.5. The molecule has 0 bridgehead atoms. The van der Waals surface area contributed by atoms with Gasteiger partial charge in [0.2, 0.25) is 0 Å². The zero-order valence-electron chi connectivity index (χ0n) is 15.4. The molecule has 25 heavy (non-hydrogen) atoms. The fourth-order valence-electron chi connectivity index (χ4n) is 7.44. The zero-order valence-corrected chi connectivity index (χ0v) is 15.4. The highest BCUT2D eigenvalue weighted by molar-refractivity contribution is 5.68. The number of aliphatic hydroxyl groups excluding tert-OH is 1. The Morgan fingerprint density at radius 2 is 1.84 bits per heavy atom. The number of hydrogen-bond acceptors (Lipinski definition) is 3. The van der Waals surface area contributed by atoms with Crippen molar-refractivity contribution < 1.29 is 20.1 Å². The Morgan fingerprint density at radius 1 is 1.12 bits per heavy atom. The van der Waals surface area contributed by atoms with E-state index in [4.69, 9.17) is 0 Å². The minimum Gasteiger partial charge on any atom is -0.481 e. The summed E-state index contributed by atoms with van der Waals surface area (Å²) in [6.45, 7) is 4.52. The lowest BCUT2D eigenvalue weighted by atomic mass is 9.45. The molecule has 0 spiro atoms. The third-order valence-corrected chi connectivity index (χ3v) is 8.93. The smallest absolute Gasteiger partial charge is 0.306 e. The second kappa shape index (κ2) is 5.56. The maximum Gasteiger partial charge on any atom is 0.306 e. The van der Waals surface area contributed by atoms with Gasteiger partial charge in [-0.1, -0.05) is 26.0 Å². The molecule has 0 aromatic rings. The van der Waals surface area contributed by atoms with E-state index in [1.165, 1.54) is 0 Å². The zero-order chi connectivity index (χ0) is 18.0. The molecule has 4 aliphatic rings. The van der Waals surface area contributed by atoms with Crippen LogP contribution < -0.4 is 0 Å². The van der Waals surface area contributed by atoms with E-state index in [1.54, 1.807) is 0 Å². The number of carboxylic acid groups (broad SMARTS) is 1. The molecule has 3 fully saturated rings. The molecule has 0 radical (unpaired) electrons. The lowest BCUT2D eigenvalue weighted by Crippen LogP contribution is -2.56. The molecule has 3 N–H and O–H groups in total. The molecule has 0 aromatic carbocycles. The first-order chi connectivity index (χ1) is 11.7. The first-order valence-electron chi connectivity index (χ1n) is 10.0. The SMILES string of the molecule is C[C@]12C=CC(O)CC1CC[C@@H]1[C@H]2CC[C@@]2(C)[C@H]1CCC2(O)CC(=O)O. The van der Waals surface area contributed by atoms with Crippen molar-refractivity contribution in [2.75, 3.05) is 0 Å². The van der Waals surface area contributed by atoms with Gasteiger partial charge >= 0.3 is 5.97 Å². The molecule has 0 aliphatic heterocycles. The first-order valence-corrected chi connectivity index (χ1v) is 10.0. The largest absolute Gasteiger partial charge is 0.481 e. The molecular formula is C21H32O4. The van der Waals surface area contributed by atoms with E-state index < -0.39 is 11.6 Å². The monoisotopic (exact) mass is 348 g/mol. The van der Waals surface area contributed by atoms with Crippen molar-refractivity contribution in [2.45, 2.75) is 76.9 Å². The lowest BCUT2D eigenvalue weighted by Gasteiger charge is -2.60. The van der Waals surface area contributed by atoms with Crippen molar-refractivity contribution in [3.05, 3.63) is 12.2 Å². The fraction of sp³-hybridized carbons (Fsp3) is 0.857. The minimum absolute atomic E-state index is 0.122. The van der Waals surface area contributed by atoms with Crippen molar-refractivity contribution in [3.8, 4) is 0 Å². The maximum atomic E-state index is 11.3. The molecule has 0 saturated heterocycles. The summed E-state index contributed by atoms with van der Waals surface area (Å²) in [6.07, 6.45) is 10.6. The van der Waals surface area contributed by atoms with Gasteiger partial charge in [-0.25, -0.2) is 0 Å². The van der Waals surface area contributed by atoms with Gasteiger partial charge in [-0.3, -0.25) is 4.79 Å². The molecule has 4 rings (SSSR count). The van der Waals surface area contributed by atoms with Gasteiger partial charge in [-0.05, 0) is 79.4 Å². The summed E-state index contributed by atoms with van der Waals surface area (Å²) in [6, 6.07) is 0. The van der Waals surface area contributed by atoms with Gasteiger partial charge in [0.15, 0.2) is 0 Å². The Labute approximate surface area is 150 Å². The summed E-state index contributed by atoms with van der Waals surface area (Å²) in [4.78, 5) is 11.3. The minimum atomic E-state index is -1.05. The van der Waals surface area contributed by atoms with Crippen molar-refractivity contribution in [1.29, 1.82) is 0 Å². The van der Waals surface area contributed by atoms with Gasteiger partial charge in [-0.15, -0.1) is 0 Å². The average molecular weight is 348 g/mol. The highest BCUT2D eigenvalue weighted by atomic mass is 16.4. The number of carbonyl (C=O) groups is 1. The molecule has 0 amide bonds. The predicted molar refractivity (Wildman–Crippen MR) is 94.8 cm³/mol.